The predicted octanol–water partition coefficient (Wildman–Crippen LogP) is 4.53. The fraction of sp³-hybridized carbons (Fsp3) is 0.739. The number of nitrogens with one attached hydrogen (secondary N) is 1. The van der Waals surface area contributed by atoms with Gasteiger partial charge in [0.25, 0.3) is 5.91 Å². The van der Waals surface area contributed by atoms with Gasteiger partial charge in [0.2, 0.25) is 0 Å². The molecule has 0 spiro atoms. The maximum Gasteiger partial charge on any atom is 0.261 e. The first-order chi connectivity index (χ1) is 14.6. The summed E-state index contributed by atoms with van der Waals surface area (Å²) in [6.07, 6.45) is 10.7. The first-order valence-corrected chi connectivity index (χ1v) is 12.4. The lowest BCUT2D eigenvalue weighted by atomic mass is 9.90. The number of carbonyl (C=O) groups excluding carboxylic acids is 1. The molecule has 0 bridgehead atoms. The van der Waals surface area contributed by atoms with Gasteiger partial charge in [-0.15, -0.1) is 11.3 Å². The van der Waals surface area contributed by atoms with E-state index in [1.807, 2.05) is 0 Å². The SMILES string of the molecule is COCCN(C)C1CCC(NC(=O)c2cc3c(C)nn(C4CCCCC4)c3s2)CC1. The van der Waals surface area contributed by atoms with E-state index >= 15 is 0 Å². The molecule has 0 unspecified atom stereocenters. The average molecular weight is 433 g/mol. The van der Waals surface area contributed by atoms with Gasteiger partial charge in [-0.25, -0.2) is 0 Å². The molecule has 30 heavy (non-hydrogen) atoms. The van der Waals surface area contributed by atoms with Gasteiger partial charge in [-0.3, -0.25) is 9.48 Å². The van der Waals surface area contributed by atoms with Crippen LogP contribution in [0.3, 0.4) is 0 Å². The molecule has 1 N–H and O–H groups in total. The molecule has 6 nitrogen and oxygen atoms in total. The summed E-state index contributed by atoms with van der Waals surface area (Å²) in [6, 6.07) is 3.43. The molecule has 0 atom stereocenters. The van der Waals surface area contributed by atoms with Crippen LogP contribution in [0.2, 0.25) is 0 Å². The molecule has 2 aliphatic carbocycles. The number of thiophene rings is 1. The molecular weight excluding hydrogens is 396 g/mol. The van der Waals surface area contributed by atoms with E-state index in [9.17, 15) is 4.79 Å². The van der Waals surface area contributed by atoms with Crippen molar-refractivity contribution in [1.29, 1.82) is 0 Å². The number of ether oxygens (including phenoxy) is 1. The van der Waals surface area contributed by atoms with Crippen LogP contribution in [0, 0.1) is 6.92 Å². The Bertz CT molecular complexity index is 847. The second-order valence-corrected chi connectivity index (χ2v) is 10.1. The number of fused-ring (bicyclic) bond motifs is 1. The van der Waals surface area contributed by atoms with Crippen molar-refractivity contribution in [3.8, 4) is 0 Å². The number of carbonyl (C=O) groups is 1. The lowest BCUT2D eigenvalue weighted by Crippen LogP contribution is -2.43. The summed E-state index contributed by atoms with van der Waals surface area (Å²) in [6.45, 7) is 3.81. The highest BCUT2D eigenvalue weighted by atomic mass is 32.1. The first-order valence-electron chi connectivity index (χ1n) is 11.6. The number of amides is 1. The van der Waals surface area contributed by atoms with E-state index in [1.54, 1.807) is 18.4 Å². The van der Waals surface area contributed by atoms with Crippen molar-refractivity contribution in [2.75, 3.05) is 27.3 Å². The topological polar surface area (TPSA) is 59.4 Å². The van der Waals surface area contributed by atoms with Gasteiger partial charge in [0.15, 0.2) is 0 Å². The van der Waals surface area contributed by atoms with Crippen LogP contribution in [0.15, 0.2) is 6.07 Å². The van der Waals surface area contributed by atoms with Gasteiger partial charge < -0.3 is 15.0 Å². The molecule has 0 aromatic carbocycles. The normalized spacial score (nSPS) is 23.3. The zero-order valence-corrected chi connectivity index (χ0v) is 19.5. The Morgan fingerprint density at radius 1 is 1.23 bits per heavy atom. The van der Waals surface area contributed by atoms with Crippen molar-refractivity contribution in [3.63, 3.8) is 0 Å². The molecule has 0 aliphatic heterocycles. The van der Waals surface area contributed by atoms with E-state index in [2.05, 4.69) is 34.9 Å². The molecule has 7 heteroatoms. The van der Waals surface area contributed by atoms with E-state index in [0.717, 1.165) is 54.8 Å². The molecule has 2 fully saturated rings. The van der Waals surface area contributed by atoms with Crippen LogP contribution in [0.1, 0.15) is 79.2 Å². The number of hydrogen-bond acceptors (Lipinski definition) is 5. The first kappa shape index (κ1) is 21.8. The van der Waals surface area contributed by atoms with E-state index in [0.29, 0.717) is 12.1 Å². The van der Waals surface area contributed by atoms with E-state index in [1.165, 1.54) is 36.9 Å². The van der Waals surface area contributed by atoms with Crippen molar-refractivity contribution in [3.05, 3.63) is 16.6 Å². The molecular formula is C23H36N4O2S. The molecule has 4 rings (SSSR count). The number of likely N-dealkylation sites (N-methyl/N-ethyl adjacent to an activating group) is 1. The number of aromatic nitrogens is 2. The Kier molecular flexibility index (Phi) is 7.11. The largest absolute Gasteiger partial charge is 0.383 e. The summed E-state index contributed by atoms with van der Waals surface area (Å²) in [5, 5.41) is 9.28. The molecule has 166 valence electrons. The highest BCUT2D eigenvalue weighted by Gasteiger charge is 2.27. The van der Waals surface area contributed by atoms with Gasteiger partial charge in [0.05, 0.1) is 23.2 Å². The van der Waals surface area contributed by atoms with Gasteiger partial charge in [-0.2, -0.15) is 5.10 Å². The van der Waals surface area contributed by atoms with Gasteiger partial charge in [-0.05, 0) is 58.6 Å². The molecule has 2 aromatic heterocycles. The summed E-state index contributed by atoms with van der Waals surface area (Å²) in [7, 11) is 3.93. The highest BCUT2D eigenvalue weighted by Crippen LogP contribution is 2.35. The van der Waals surface area contributed by atoms with Gasteiger partial charge in [-0.1, -0.05) is 19.3 Å². The summed E-state index contributed by atoms with van der Waals surface area (Å²) in [5.74, 6) is 0.0852. The number of rotatable bonds is 7. The van der Waals surface area contributed by atoms with Crippen LogP contribution in [-0.2, 0) is 4.74 Å². The fourth-order valence-electron chi connectivity index (χ4n) is 5.09. The third kappa shape index (κ3) is 4.73. The van der Waals surface area contributed by atoms with E-state index < -0.39 is 0 Å². The number of methoxy groups -OCH3 is 1. The lowest BCUT2D eigenvalue weighted by molar-refractivity contribution is 0.0900. The average Bonchev–Trinajstić information content (AvgIpc) is 3.34. The Morgan fingerprint density at radius 3 is 2.67 bits per heavy atom. The summed E-state index contributed by atoms with van der Waals surface area (Å²) < 4.78 is 7.41. The van der Waals surface area contributed by atoms with E-state index in [4.69, 9.17) is 9.84 Å². The van der Waals surface area contributed by atoms with Crippen LogP contribution < -0.4 is 5.32 Å². The minimum atomic E-state index is 0.0852. The Hall–Kier alpha value is -1.44. The van der Waals surface area contributed by atoms with Crippen LogP contribution >= 0.6 is 11.3 Å². The summed E-state index contributed by atoms with van der Waals surface area (Å²) >= 11 is 1.62. The number of aryl methyl sites for hydroxylation is 1. The minimum absolute atomic E-state index is 0.0852. The monoisotopic (exact) mass is 432 g/mol. The minimum Gasteiger partial charge on any atom is -0.383 e. The zero-order chi connectivity index (χ0) is 21.1. The molecule has 2 aliphatic rings. The van der Waals surface area contributed by atoms with Crippen molar-refractivity contribution in [2.45, 2.75) is 82.8 Å². The highest BCUT2D eigenvalue weighted by molar-refractivity contribution is 7.20. The molecule has 0 saturated heterocycles. The Morgan fingerprint density at radius 2 is 1.97 bits per heavy atom. The van der Waals surface area contributed by atoms with Crippen LogP contribution in [-0.4, -0.2) is 60.0 Å². The standard InChI is InChI=1S/C23H36N4O2S/c1-16-20-15-21(30-23(20)27(25-16)19-7-5-4-6-8-19)22(28)24-17-9-11-18(12-10-17)26(2)13-14-29-3/h15,17-19H,4-14H2,1-3H3,(H,24,28). The molecule has 2 heterocycles. The maximum atomic E-state index is 13.0. The zero-order valence-electron chi connectivity index (χ0n) is 18.7. The van der Waals surface area contributed by atoms with Gasteiger partial charge in [0, 0.05) is 31.1 Å². The number of hydrogen-bond donors (Lipinski definition) is 1. The van der Waals surface area contributed by atoms with Crippen LogP contribution in [0.5, 0.6) is 0 Å². The molecule has 0 radical (unpaired) electrons. The third-order valence-electron chi connectivity index (χ3n) is 7.02. The smallest absolute Gasteiger partial charge is 0.261 e. The number of nitrogens with zero attached hydrogens (tertiary/aromatic N) is 3. The second-order valence-electron chi connectivity index (χ2n) is 9.10. The van der Waals surface area contributed by atoms with Gasteiger partial charge >= 0.3 is 0 Å². The quantitative estimate of drug-likeness (QED) is 0.698. The van der Waals surface area contributed by atoms with Crippen molar-refractivity contribution in [1.82, 2.24) is 20.0 Å². The molecule has 2 saturated carbocycles. The summed E-state index contributed by atoms with van der Waals surface area (Å²) in [4.78, 5) is 17.4. The molecule has 1 amide bonds. The predicted molar refractivity (Wildman–Crippen MR) is 122 cm³/mol. The summed E-state index contributed by atoms with van der Waals surface area (Å²) in [5.41, 5.74) is 1.05. The van der Waals surface area contributed by atoms with E-state index in [-0.39, 0.29) is 11.9 Å². The van der Waals surface area contributed by atoms with Crippen molar-refractivity contribution >= 4 is 27.5 Å². The van der Waals surface area contributed by atoms with Crippen molar-refractivity contribution < 1.29 is 9.53 Å². The Labute approximate surface area is 184 Å². The molecule has 2 aromatic rings. The Balaban J connectivity index is 1.37. The van der Waals surface area contributed by atoms with Crippen molar-refractivity contribution in [2.24, 2.45) is 0 Å². The van der Waals surface area contributed by atoms with Crippen LogP contribution in [0.4, 0.5) is 0 Å². The third-order valence-corrected chi connectivity index (χ3v) is 8.14. The second kappa shape index (κ2) is 9.79. The van der Waals surface area contributed by atoms with Gasteiger partial charge in [0.1, 0.15) is 4.83 Å². The maximum absolute atomic E-state index is 13.0. The van der Waals surface area contributed by atoms with Crippen LogP contribution in [0.25, 0.3) is 10.2 Å². The lowest BCUT2D eigenvalue weighted by Gasteiger charge is -2.34. The fourth-order valence-corrected chi connectivity index (χ4v) is 6.23.